The highest BCUT2D eigenvalue weighted by molar-refractivity contribution is 5.59. The fraction of sp³-hybridized carbons (Fsp3) is 0.400. The average molecular weight is 593 g/mol. The van der Waals surface area contributed by atoms with Crippen LogP contribution in [0.4, 0.5) is 0 Å². The number of aromatic hydroxyl groups is 4. The van der Waals surface area contributed by atoms with Crippen LogP contribution in [0.15, 0.2) is 48.5 Å². The second-order valence-electron chi connectivity index (χ2n) is 15.0. The monoisotopic (exact) mass is 592 g/mol. The lowest BCUT2D eigenvalue weighted by atomic mass is 9.80. The van der Waals surface area contributed by atoms with Crippen LogP contribution in [0.2, 0.25) is 0 Å². The first kappa shape index (κ1) is 31.5. The maximum atomic E-state index is 11.8. The molecule has 0 spiro atoms. The number of benzene rings is 4. The highest BCUT2D eigenvalue weighted by Gasteiger charge is 2.27. The molecule has 4 heteroatoms. The summed E-state index contributed by atoms with van der Waals surface area (Å²) in [5, 5.41) is 47.1. The van der Waals surface area contributed by atoms with Gasteiger partial charge in [0.05, 0.1) is 0 Å². The van der Waals surface area contributed by atoms with E-state index in [0.29, 0.717) is 25.7 Å². The number of aryl methyl sites for hydroxylation is 2. The van der Waals surface area contributed by atoms with Crippen molar-refractivity contribution in [1.82, 2.24) is 0 Å². The van der Waals surface area contributed by atoms with Crippen LogP contribution < -0.4 is 0 Å². The Morgan fingerprint density at radius 1 is 0.500 bits per heavy atom. The summed E-state index contributed by atoms with van der Waals surface area (Å²) in [6, 6.07) is 16.2. The number of hydrogen-bond donors (Lipinski definition) is 4. The zero-order chi connectivity index (χ0) is 32.3. The average Bonchev–Trinajstić information content (AvgIpc) is 2.91. The minimum Gasteiger partial charge on any atom is -0.507 e. The lowest BCUT2D eigenvalue weighted by Crippen LogP contribution is -2.14. The normalized spacial score (nSPS) is 14.1. The number of fused-ring (bicyclic) bond motifs is 8. The maximum absolute atomic E-state index is 11.8. The van der Waals surface area contributed by atoms with Crippen molar-refractivity contribution < 1.29 is 20.4 Å². The van der Waals surface area contributed by atoms with Gasteiger partial charge in [0.15, 0.2) is 0 Å². The molecule has 0 saturated heterocycles. The van der Waals surface area contributed by atoms with Gasteiger partial charge in [0.25, 0.3) is 0 Å². The van der Waals surface area contributed by atoms with Gasteiger partial charge >= 0.3 is 0 Å². The van der Waals surface area contributed by atoms with Crippen LogP contribution in [0.5, 0.6) is 23.0 Å². The minimum absolute atomic E-state index is 0.177. The highest BCUT2D eigenvalue weighted by atomic mass is 16.3. The first-order chi connectivity index (χ1) is 20.5. The second-order valence-corrected chi connectivity index (χ2v) is 15.0. The number of hydrogen-bond acceptors (Lipinski definition) is 4. The molecule has 0 atom stereocenters. The molecule has 4 aromatic carbocycles. The van der Waals surface area contributed by atoms with Gasteiger partial charge in [-0.3, -0.25) is 0 Å². The van der Waals surface area contributed by atoms with Gasteiger partial charge in [0, 0.05) is 36.3 Å². The summed E-state index contributed by atoms with van der Waals surface area (Å²) < 4.78 is 0. The Bertz CT molecular complexity index is 1620. The summed E-state index contributed by atoms with van der Waals surface area (Å²) in [5.74, 6) is 0.560. The fourth-order valence-corrected chi connectivity index (χ4v) is 6.72. The van der Waals surface area contributed by atoms with Gasteiger partial charge in [-0.2, -0.15) is 0 Å². The second kappa shape index (κ2) is 11.2. The molecule has 44 heavy (non-hydrogen) atoms. The molecule has 1 aliphatic carbocycles. The van der Waals surface area contributed by atoms with Gasteiger partial charge in [-0.05, 0) is 75.6 Å². The lowest BCUT2D eigenvalue weighted by Gasteiger charge is -2.26. The van der Waals surface area contributed by atoms with E-state index in [9.17, 15) is 20.4 Å². The maximum Gasteiger partial charge on any atom is 0.122 e. The van der Waals surface area contributed by atoms with E-state index >= 15 is 0 Å². The van der Waals surface area contributed by atoms with E-state index in [1.165, 1.54) is 0 Å². The Kier molecular flexibility index (Phi) is 8.03. The predicted molar refractivity (Wildman–Crippen MR) is 180 cm³/mol. The first-order valence-electron chi connectivity index (χ1n) is 15.8. The van der Waals surface area contributed by atoms with Crippen molar-refractivity contribution in [1.29, 1.82) is 0 Å². The van der Waals surface area contributed by atoms with E-state index in [1.807, 2.05) is 38.1 Å². The van der Waals surface area contributed by atoms with Crippen molar-refractivity contribution in [2.75, 3.05) is 0 Å². The first-order valence-corrected chi connectivity index (χ1v) is 15.8. The van der Waals surface area contributed by atoms with Gasteiger partial charge < -0.3 is 20.4 Å². The fourth-order valence-electron chi connectivity index (χ4n) is 6.72. The van der Waals surface area contributed by atoms with Crippen LogP contribution in [-0.2, 0) is 30.1 Å². The van der Waals surface area contributed by atoms with Crippen LogP contribution in [-0.4, -0.2) is 20.4 Å². The third kappa shape index (κ3) is 5.92. The molecular weight excluding hydrogens is 544 g/mol. The van der Waals surface area contributed by atoms with Crippen molar-refractivity contribution in [3.05, 3.63) is 115 Å². The zero-order valence-electron chi connectivity index (χ0n) is 27.8. The van der Waals surface area contributed by atoms with Crippen molar-refractivity contribution in [2.24, 2.45) is 0 Å². The minimum atomic E-state index is -0.240. The highest BCUT2D eigenvalue weighted by Crippen LogP contribution is 2.45. The zero-order valence-corrected chi connectivity index (χ0v) is 27.8. The van der Waals surface area contributed by atoms with Crippen LogP contribution >= 0.6 is 0 Å². The van der Waals surface area contributed by atoms with Crippen molar-refractivity contribution >= 4 is 0 Å². The molecule has 0 saturated carbocycles. The van der Waals surface area contributed by atoms with E-state index in [4.69, 9.17) is 0 Å². The quantitative estimate of drug-likeness (QED) is 0.178. The van der Waals surface area contributed by atoms with E-state index in [-0.39, 0.29) is 39.7 Å². The predicted octanol–water partition coefficient (Wildman–Crippen LogP) is 9.35. The molecule has 0 unspecified atom stereocenters. The molecule has 0 heterocycles. The Morgan fingerprint density at radius 2 is 0.795 bits per heavy atom. The smallest absolute Gasteiger partial charge is 0.122 e. The Balaban J connectivity index is 1.88. The summed E-state index contributed by atoms with van der Waals surface area (Å²) in [4.78, 5) is 0. The number of phenolic OH excluding ortho intramolecular Hbond substituents is 4. The molecule has 4 nitrogen and oxygen atoms in total. The van der Waals surface area contributed by atoms with Crippen molar-refractivity contribution in [2.45, 2.75) is 105 Å². The molecule has 0 amide bonds. The lowest BCUT2D eigenvalue weighted by molar-refractivity contribution is 0.443. The van der Waals surface area contributed by atoms with E-state index < -0.39 is 0 Å². The SMILES string of the molecule is CCC1c2cc(C)cc(c2O)Cc2cc(C(C)(C)C)cc(c2O)Cc2cc(C(C)(C)C)cc(c2O)Cc2cc(C)cc1c2O. The molecule has 0 fully saturated rings. The van der Waals surface area contributed by atoms with Crippen molar-refractivity contribution in [3.8, 4) is 23.0 Å². The topological polar surface area (TPSA) is 80.9 Å². The Morgan fingerprint density at radius 3 is 1.07 bits per heavy atom. The molecule has 232 valence electrons. The van der Waals surface area contributed by atoms with E-state index in [2.05, 4.69) is 72.7 Å². The van der Waals surface area contributed by atoms with Gasteiger partial charge in [-0.25, -0.2) is 0 Å². The van der Waals surface area contributed by atoms with Gasteiger partial charge in [-0.15, -0.1) is 0 Å². The summed E-state index contributed by atoms with van der Waals surface area (Å²) in [7, 11) is 0. The van der Waals surface area contributed by atoms with E-state index in [0.717, 1.165) is 66.8 Å². The molecule has 4 N–H and O–H groups in total. The summed E-state index contributed by atoms with van der Waals surface area (Å²) in [5.41, 5.74) is 9.84. The van der Waals surface area contributed by atoms with Gasteiger partial charge in [0.1, 0.15) is 23.0 Å². The Labute approximate surface area is 263 Å². The molecule has 1 aliphatic rings. The third-order valence-corrected chi connectivity index (χ3v) is 9.29. The van der Waals surface area contributed by atoms with Crippen molar-refractivity contribution in [3.63, 3.8) is 0 Å². The summed E-state index contributed by atoms with van der Waals surface area (Å²) >= 11 is 0. The van der Waals surface area contributed by atoms with Gasteiger partial charge in [-0.1, -0.05) is 108 Å². The molecule has 0 aromatic heterocycles. The van der Waals surface area contributed by atoms with Crippen LogP contribution in [0.1, 0.15) is 128 Å². The van der Waals surface area contributed by atoms with E-state index in [1.54, 1.807) is 0 Å². The van der Waals surface area contributed by atoms with Crippen LogP contribution in [0.25, 0.3) is 0 Å². The molecule has 4 aromatic rings. The number of rotatable bonds is 1. The largest absolute Gasteiger partial charge is 0.507 e. The standard InChI is InChI=1S/C40H48O4/c1-10-32-33-13-22(2)11-24(37(33)43)15-26-18-30(39(4,5)6)20-28(35(26)41)17-29-21-31(40(7,8)9)19-27(36(29)42)16-25-12-23(3)14-34(32)38(25)44/h11-14,18-21,32,41-44H,10,15-17H2,1-9H3. The van der Waals surface area contributed by atoms with Gasteiger partial charge in [0.2, 0.25) is 0 Å². The summed E-state index contributed by atoms with van der Waals surface area (Å²) in [6.07, 6.45) is 1.73. The summed E-state index contributed by atoms with van der Waals surface area (Å²) in [6.45, 7) is 19.1. The Hall–Kier alpha value is -3.92. The molecule has 0 radical (unpaired) electrons. The van der Waals surface area contributed by atoms with Crippen LogP contribution in [0, 0.1) is 13.8 Å². The molecule has 5 rings (SSSR count). The third-order valence-electron chi connectivity index (χ3n) is 9.29. The molecule has 8 bridgehead atoms. The molecular formula is C40H48O4. The van der Waals surface area contributed by atoms with Crippen LogP contribution in [0.3, 0.4) is 0 Å². The molecule has 0 aliphatic heterocycles. The number of phenols is 4.